The van der Waals surface area contributed by atoms with Crippen LogP contribution in [0.1, 0.15) is 20.8 Å². The first-order valence-corrected chi connectivity index (χ1v) is 10.3. The van der Waals surface area contributed by atoms with Gasteiger partial charge in [-0.3, -0.25) is 4.99 Å². The lowest BCUT2D eigenvalue weighted by Gasteiger charge is -2.36. The quantitative estimate of drug-likeness (QED) is 0.606. The normalized spacial score (nSPS) is 21.4. The molecule has 0 aromatic rings. The van der Waals surface area contributed by atoms with Crippen LogP contribution in [-0.2, 0) is 9.84 Å². The minimum atomic E-state index is -2.95. The van der Waals surface area contributed by atoms with Gasteiger partial charge in [-0.2, -0.15) is 11.8 Å². The topological polar surface area (TPSA) is 61.8 Å². The van der Waals surface area contributed by atoms with E-state index >= 15 is 0 Å². The summed E-state index contributed by atoms with van der Waals surface area (Å²) in [5, 5.41) is 3.88. The molecule has 1 heterocycles. The standard InChI is InChI=1S/C13H27N3O2S2/c1-5-14-13(15-6-9-20(4,17)18)16-7-8-19-12(10-16)11(2)3/h11-12H,5-10H2,1-4H3,(H,14,15). The van der Waals surface area contributed by atoms with Crippen molar-refractivity contribution < 1.29 is 8.42 Å². The van der Waals surface area contributed by atoms with E-state index in [1.807, 2.05) is 18.7 Å². The molecule has 0 aromatic heterocycles. The summed E-state index contributed by atoms with van der Waals surface area (Å²) in [6, 6.07) is 0. The Morgan fingerprint density at radius 3 is 2.75 bits per heavy atom. The maximum atomic E-state index is 11.2. The molecule has 0 saturated carbocycles. The van der Waals surface area contributed by atoms with Crippen molar-refractivity contribution in [2.24, 2.45) is 10.9 Å². The molecule has 118 valence electrons. The molecule has 0 spiro atoms. The molecule has 1 aliphatic heterocycles. The summed E-state index contributed by atoms with van der Waals surface area (Å²) in [5.41, 5.74) is 0. The highest BCUT2D eigenvalue weighted by Gasteiger charge is 2.24. The van der Waals surface area contributed by atoms with E-state index in [-0.39, 0.29) is 5.75 Å². The fraction of sp³-hybridized carbons (Fsp3) is 0.923. The monoisotopic (exact) mass is 321 g/mol. The van der Waals surface area contributed by atoms with E-state index in [9.17, 15) is 8.42 Å². The molecule has 0 bridgehead atoms. The SMILES string of the molecule is CCNC(=NCCS(C)(=O)=O)N1CCSC(C(C)C)C1. The highest BCUT2D eigenvalue weighted by atomic mass is 32.2. The maximum absolute atomic E-state index is 11.2. The third-order valence-corrected chi connectivity index (χ3v) is 5.66. The van der Waals surface area contributed by atoms with Crippen molar-refractivity contribution in [2.45, 2.75) is 26.0 Å². The van der Waals surface area contributed by atoms with Gasteiger partial charge in [0.1, 0.15) is 9.84 Å². The van der Waals surface area contributed by atoms with Crippen LogP contribution in [0.25, 0.3) is 0 Å². The number of nitrogens with zero attached hydrogens (tertiary/aromatic N) is 2. The number of thioether (sulfide) groups is 1. The van der Waals surface area contributed by atoms with Crippen molar-refractivity contribution in [1.82, 2.24) is 10.2 Å². The van der Waals surface area contributed by atoms with Gasteiger partial charge in [-0.25, -0.2) is 8.42 Å². The lowest BCUT2D eigenvalue weighted by molar-refractivity contribution is 0.381. The summed E-state index contributed by atoms with van der Waals surface area (Å²) < 4.78 is 22.4. The molecule has 1 N–H and O–H groups in total. The molecule has 0 radical (unpaired) electrons. The molecule has 1 aliphatic rings. The van der Waals surface area contributed by atoms with Crippen LogP contribution in [0.5, 0.6) is 0 Å². The molecule has 5 nitrogen and oxygen atoms in total. The minimum Gasteiger partial charge on any atom is -0.357 e. The maximum Gasteiger partial charge on any atom is 0.194 e. The predicted molar refractivity (Wildman–Crippen MR) is 88.3 cm³/mol. The van der Waals surface area contributed by atoms with E-state index in [2.05, 4.69) is 29.1 Å². The average molecular weight is 322 g/mol. The van der Waals surface area contributed by atoms with Crippen LogP contribution in [0.2, 0.25) is 0 Å². The van der Waals surface area contributed by atoms with Gasteiger partial charge in [0.05, 0.1) is 12.3 Å². The first-order chi connectivity index (χ1) is 9.33. The third kappa shape index (κ3) is 6.35. The largest absolute Gasteiger partial charge is 0.357 e. The second kappa shape index (κ2) is 8.12. The highest BCUT2D eigenvalue weighted by molar-refractivity contribution is 8.00. The second-order valence-corrected chi connectivity index (χ2v) is 9.07. The molecule has 20 heavy (non-hydrogen) atoms. The van der Waals surface area contributed by atoms with Crippen molar-refractivity contribution in [3.63, 3.8) is 0 Å². The zero-order chi connectivity index (χ0) is 15.2. The fourth-order valence-electron chi connectivity index (χ4n) is 2.01. The number of nitrogens with one attached hydrogen (secondary N) is 1. The summed E-state index contributed by atoms with van der Waals surface area (Å²) in [5.74, 6) is 2.70. The van der Waals surface area contributed by atoms with E-state index in [1.54, 1.807) is 0 Å². The van der Waals surface area contributed by atoms with Crippen LogP contribution in [0.15, 0.2) is 4.99 Å². The molecule has 1 atom stereocenters. The Hall–Kier alpha value is -0.430. The van der Waals surface area contributed by atoms with E-state index < -0.39 is 9.84 Å². The summed E-state index contributed by atoms with van der Waals surface area (Å²) >= 11 is 2.02. The lowest BCUT2D eigenvalue weighted by Crippen LogP contribution is -2.49. The van der Waals surface area contributed by atoms with E-state index in [0.29, 0.717) is 17.7 Å². The molecule has 7 heteroatoms. The van der Waals surface area contributed by atoms with Crippen LogP contribution < -0.4 is 5.32 Å². The Morgan fingerprint density at radius 1 is 1.50 bits per heavy atom. The number of hydrogen-bond acceptors (Lipinski definition) is 4. The minimum absolute atomic E-state index is 0.109. The van der Waals surface area contributed by atoms with Gasteiger partial charge in [-0.15, -0.1) is 0 Å². The van der Waals surface area contributed by atoms with Gasteiger partial charge in [-0.1, -0.05) is 13.8 Å². The van der Waals surface area contributed by atoms with Crippen LogP contribution in [-0.4, -0.2) is 68.5 Å². The van der Waals surface area contributed by atoms with Gasteiger partial charge >= 0.3 is 0 Å². The van der Waals surface area contributed by atoms with Gasteiger partial charge in [0.2, 0.25) is 0 Å². The Labute approximate surface area is 127 Å². The highest BCUT2D eigenvalue weighted by Crippen LogP contribution is 2.24. The van der Waals surface area contributed by atoms with E-state index in [4.69, 9.17) is 0 Å². The van der Waals surface area contributed by atoms with Gasteiger partial charge in [0, 0.05) is 36.9 Å². The van der Waals surface area contributed by atoms with Crippen molar-refractivity contribution in [1.29, 1.82) is 0 Å². The third-order valence-electron chi connectivity index (χ3n) is 3.20. The van der Waals surface area contributed by atoms with Crippen molar-refractivity contribution in [3.8, 4) is 0 Å². The van der Waals surface area contributed by atoms with E-state index in [0.717, 1.165) is 31.3 Å². The van der Waals surface area contributed by atoms with Crippen LogP contribution in [0.4, 0.5) is 0 Å². The molecule has 1 rings (SSSR count). The molecule has 0 aliphatic carbocycles. The first-order valence-electron chi connectivity index (χ1n) is 7.16. The molecule has 0 amide bonds. The zero-order valence-electron chi connectivity index (χ0n) is 12.9. The molecular weight excluding hydrogens is 294 g/mol. The van der Waals surface area contributed by atoms with Gasteiger partial charge in [-0.05, 0) is 12.8 Å². The fourth-order valence-corrected chi connectivity index (χ4v) is 3.74. The molecule has 1 saturated heterocycles. The summed E-state index contributed by atoms with van der Waals surface area (Å²) in [4.78, 5) is 6.72. The smallest absolute Gasteiger partial charge is 0.194 e. The van der Waals surface area contributed by atoms with Crippen LogP contribution >= 0.6 is 11.8 Å². The van der Waals surface area contributed by atoms with Gasteiger partial charge in [0.15, 0.2) is 5.96 Å². The molecule has 1 unspecified atom stereocenters. The molecule has 1 fully saturated rings. The summed E-state index contributed by atoms with van der Waals surface area (Å²) in [7, 11) is -2.95. The van der Waals surface area contributed by atoms with Crippen LogP contribution in [0.3, 0.4) is 0 Å². The van der Waals surface area contributed by atoms with E-state index in [1.165, 1.54) is 6.26 Å². The van der Waals surface area contributed by atoms with Gasteiger partial charge < -0.3 is 10.2 Å². The first kappa shape index (κ1) is 17.6. The summed E-state index contributed by atoms with van der Waals surface area (Å²) in [6.45, 7) is 9.60. The van der Waals surface area contributed by atoms with Crippen molar-refractivity contribution in [3.05, 3.63) is 0 Å². The Kier molecular flexibility index (Phi) is 7.15. The molecular formula is C13H27N3O2S2. The second-order valence-electron chi connectivity index (χ2n) is 5.46. The Morgan fingerprint density at radius 2 is 2.20 bits per heavy atom. The lowest BCUT2D eigenvalue weighted by atomic mass is 10.1. The summed E-state index contributed by atoms with van der Waals surface area (Å²) in [6.07, 6.45) is 1.25. The number of aliphatic imine (C=N–C) groups is 1. The van der Waals surface area contributed by atoms with Crippen molar-refractivity contribution in [2.75, 3.05) is 43.9 Å². The van der Waals surface area contributed by atoms with Crippen LogP contribution in [0, 0.1) is 5.92 Å². The zero-order valence-corrected chi connectivity index (χ0v) is 14.6. The number of rotatable bonds is 5. The Balaban J connectivity index is 2.66. The van der Waals surface area contributed by atoms with Gasteiger partial charge in [0.25, 0.3) is 0 Å². The van der Waals surface area contributed by atoms with Crippen molar-refractivity contribution >= 4 is 27.6 Å². The number of hydrogen-bond donors (Lipinski definition) is 1. The number of guanidine groups is 1. The number of sulfone groups is 1. The Bertz CT molecular complexity index is 421. The average Bonchev–Trinajstić information content (AvgIpc) is 2.36. The predicted octanol–water partition coefficient (Wildman–Crippen LogP) is 1.07. The molecule has 0 aromatic carbocycles.